The minimum absolute atomic E-state index is 0.0982. The molecule has 0 N–H and O–H groups in total. The largest absolute Gasteiger partial charge is 0.447 e. The molecular formula is C11H15N5O4S. The van der Waals surface area contributed by atoms with Crippen LogP contribution >= 0.6 is 11.8 Å². The van der Waals surface area contributed by atoms with Crippen molar-refractivity contribution in [1.82, 2.24) is 25.1 Å². The Kier molecular flexibility index (Phi) is 4.34. The zero-order valence-electron chi connectivity index (χ0n) is 11.3. The quantitative estimate of drug-likeness (QED) is 0.696. The lowest BCUT2D eigenvalue weighted by atomic mass is 10.2. The van der Waals surface area contributed by atoms with E-state index >= 15 is 0 Å². The highest BCUT2D eigenvalue weighted by Gasteiger charge is 2.28. The van der Waals surface area contributed by atoms with Crippen LogP contribution in [0.1, 0.15) is 12.8 Å². The number of cyclic esters (lactones) is 1. The second kappa shape index (κ2) is 6.39. The molecule has 0 radical (unpaired) electrons. The summed E-state index contributed by atoms with van der Waals surface area (Å²) in [6.45, 7) is 1.91. The van der Waals surface area contributed by atoms with Crippen molar-refractivity contribution in [1.29, 1.82) is 0 Å². The number of hydrogen-bond donors (Lipinski definition) is 0. The van der Waals surface area contributed by atoms with Gasteiger partial charge >= 0.3 is 6.09 Å². The summed E-state index contributed by atoms with van der Waals surface area (Å²) in [6, 6.07) is 0. The summed E-state index contributed by atoms with van der Waals surface area (Å²) in [4.78, 5) is 24.3. The van der Waals surface area contributed by atoms with Crippen molar-refractivity contribution in [3.05, 3.63) is 0 Å². The number of amides is 2. The predicted octanol–water partition coefficient (Wildman–Crippen LogP) is -0.0770. The second-order valence-corrected chi connectivity index (χ2v) is 5.67. The molecule has 9 nitrogen and oxygen atoms in total. The van der Waals surface area contributed by atoms with E-state index in [2.05, 4.69) is 15.5 Å². The third-order valence-corrected chi connectivity index (χ3v) is 4.23. The number of carbonyl (C=O) groups is 2. The van der Waals surface area contributed by atoms with Crippen LogP contribution in [0, 0.1) is 0 Å². The highest BCUT2D eigenvalue weighted by atomic mass is 32.2. The monoisotopic (exact) mass is 313 g/mol. The lowest BCUT2D eigenvalue weighted by molar-refractivity contribution is -0.125. The van der Waals surface area contributed by atoms with E-state index in [0.29, 0.717) is 18.2 Å². The molecule has 2 aliphatic rings. The van der Waals surface area contributed by atoms with Crippen LogP contribution in [-0.2, 0) is 20.8 Å². The normalized spacial score (nSPS) is 21.8. The van der Waals surface area contributed by atoms with Gasteiger partial charge in [0.2, 0.25) is 11.1 Å². The SMILES string of the molecule is O=C(CSc1nnnn1CC1CCCO1)N1CCOC1=O. The maximum absolute atomic E-state index is 11.9. The van der Waals surface area contributed by atoms with Crippen LogP contribution in [0.2, 0.25) is 0 Å². The highest BCUT2D eigenvalue weighted by molar-refractivity contribution is 7.99. The number of aromatic nitrogens is 4. The van der Waals surface area contributed by atoms with Crippen molar-refractivity contribution in [2.45, 2.75) is 30.6 Å². The Morgan fingerprint density at radius 3 is 3.05 bits per heavy atom. The third kappa shape index (κ3) is 3.32. The molecule has 0 spiro atoms. The molecule has 2 aliphatic heterocycles. The van der Waals surface area contributed by atoms with Crippen LogP contribution in [-0.4, -0.2) is 68.7 Å². The van der Waals surface area contributed by atoms with Gasteiger partial charge in [0.25, 0.3) is 0 Å². The molecule has 3 heterocycles. The summed E-state index contributed by atoms with van der Waals surface area (Å²) in [7, 11) is 0. The molecule has 0 bridgehead atoms. The Morgan fingerprint density at radius 2 is 2.33 bits per heavy atom. The smallest absolute Gasteiger partial charge is 0.416 e. The Morgan fingerprint density at radius 1 is 1.43 bits per heavy atom. The van der Waals surface area contributed by atoms with Gasteiger partial charge in [0, 0.05) is 6.61 Å². The first-order chi connectivity index (χ1) is 10.2. The van der Waals surface area contributed by atoms with E-state index in [-0.39, 0.29) is 24.4 Å². The average Bonchev–Trinajstić information content (AvgIpc) is 3.19. The van der Waals surface area contributed by atoms with Crippen LogP contribution < -0.4 is 0 Å². The van der Waals surface area contributed by atoms with Crippen molar-refractivity contribution in [2.75, 3.05) is 25.5 Å². The van der Waals surface area contributed by atoms with E-state index < -0.39 is 6.09 Å². The highest BCUT2D eigenvalue weighted by Crippen LogP contribution is 2.19. The number of nitrogens with zero attached hydrogens (tertiary/aromatic N) is 5. The second-order valence-electron chi connectivity index (χ2n) is 4.73. The molecule has 0 aromatic carbocycles. The fourth-order valence-corrected chi connectivity index (χ4v) is 2.98. The van der Waals surface area contributed by atoms with Gasteiger partial charge in [0.15, 0.2) is 0 Å². The number of hydrogen-bond acceptors (Lipinski definition) is 8. The number of ether oxygens (including phenoxy) is 2. The van der Waals surface area contributed by atoms with E-state index in [4.69, 9.17) is 9.47 Å². The number of carbonyl (C=O) groups excluding carboxylic acids is 2. The molecule has 114 valence electrons. The van der Waals surface area contributed by atoms with E-state index in [9.17, 15) is 9.59 Å². The van der Waals surface area contributed by atoms with E-state index in [1.54, 1.807) is 4.68 Å². The first kappa shape index (κ1) is 14.3. The number of thioether (sulfide) groups is 1. The summed E-state index contributed by atoms with van der Waals surface area (Å²) in [5, 5.41) is 12.0. The molecule has 2 amide bonds. The van der Waals surface area contributed by atoms with Crippen LogP contribution in [0.25, 0.3) is 0 Å². The molecule has 21 heavy (non-hydrogen) atoms. The Hall–Kier alpha value is -1.68. The Bertz CT molecular complexity index is 530. The van der Waals surface area contributed by atoms with Gasteiger partial charge in [-0.15, -0.1) is 5.10 Å². The average molecular weight is 313 g/mol. The molecule has 0 aliphatic carbocycles. The minimum atomic E-state index is -0.584. The van der Waals surface area contributed by atoms with Gasteiger partial charge < -0.3 is 9.47 Å². The summed E-state index contributed by atoms with van der Waals surface area (Å²) < 4.78 is 11.9. The van der Waals surface area contributed by atoms with Crippen LogP contribution in [0.3, 0.4) is 0 Å². The minimum Gasteiger partial charge on any atom is -0.447 e. The summed E-state index contributed by atoms with van der Waals surface area (Å²) in [6.07, 6.45) is 1.57. The molecule has 3 rings (SSSR count). The molecule has 1 unspecified atom stereocenters. The van der Waals surface area contributed by atoms with Crippen molar-refractivity contribution in [3.8, 4) is 0 Å². The van der Waals surface area contributed by atoms with Gasteiger partial charge in [0.05, 0.1) is 24.9 Å². The van der Waals surface area contributed by atoms with E-state index in [0.717, 1.165) is 24.3 Å². The number of rotatable bonds is 5. The summed E-state index contributed by atoms with van der Waals surface area (Å²) in [5.41, 5.74) is 0. The van der Waals surface area contributed by atoms with Crippen LogP contribution in [0.15, 0.2) is 5.16 Å². The van der Waals surface area contributed by atoms with Gasteiger partial charge in [-0.05, 0) is 23.3 Å². The molecule has 2 fully saturated rings. The van der Waals surface area contributed by atoms with Gasteiger partial charge in [-0.1, -0.05) is 11.8 Å². The first-order valence-corrected chi connectivity index (χ1v) is 7.70. The molecule has 1 aromatic rings. The number of imide groups is 1. The van der Waals surface area contributed by atoms with Crippen molar-refractivity contribution in [3.63, 3.8) is 0 Å². The van der Waals surface area contributed by atoms with Gasteiger partial charge in [-0.25, -0.2) is 14.4 Å². The predicted molar refractivity (Wildman–Crippen MR) is 70.6 cm³/mol. The zero-order valence-corrected chi connectivity index (χ0v) is 12.1. The van der Waals surface area contributed by atoms with Crippen molar-refractivity contribution < 1.29 is 19.1 Å². The molecule has 1 aromatic heterocycles. The van der Waals surface area contributed by atoms with E-state index in [1.807, 2.05) is 0 Å². The van der Waals surface area contributed by atoms with Gasteiger partial charge in [0.1, 0.15) is 6.61 Å². The van der Waals surface area contributed by atoms with Crippen LogP contribution in [0.4, 0.5) is 4.79 Å². The lowest BCUT2D eigenvalue weighted by Crippen LogP contribution is -2.33. The maximum atomic E-state index is 11.9. The fourth-order valence-electron chi connectivity index (χ4n) is 2.22. The molecule has 2 saturated heterocycles. The van der Waals surface area contributed by atoms with Crippen molar-refractivity contribution in [2.24, 2.45) is 0 Å². The molecule has 1 atom stereocenters. The standard InChI is InChI=1S/C11H15N5O4S/c17-9(15-3-5-20-11(15)18)7-21-10-12-13-14-16(10)6-8-2-1-4-19-8/h8H,1-7H2. The Balaban J connectivity index is 1.54. The third-order valence-electron chi connectivity index (χ3n) is 3.29. The van der Waals surface area contributed by atoms with Gasteiger partial charge in [-0.3, -0.25) is 4.79 Å². The summed E-state index contributed by atoms with van der Waals surface area (Å²) >= 11 is 1.21. The first-order valence-electron chi connectivity index (χ1n) is 6.72. The lowest BCUT2D eigenvalue weighted by Gasteiger charge is -2.11. The molecule has 10 heteroatoms. The van der Waals surface area contributed by atoms with Crippen molar-refractivity contribution >= 4 is 23.8 Å². The molecule has 0 saturated carbocycles. The zero-order chi connectivity index (χ0) is 14.7. The fraction of sp³-hybridized carbons (Fsp3) is 0.727. The van der Waals surface area contributed by atoms with Gasteiger partial charge in [-0.2, -0.15) is 0 Å². The van der Waals surface area contributed by atoms with E-state index in [1.165, 1.54) is 11.8 Å². The summed E-state index contributed by atoms with van der Waals surface area (Å²) in [5.74, 6) is -0.199. The maximum Gasteiger partial charge on any atom is 0.416 e. The Labute approximate surface area is 124 Å². The van der Waals surface area contributed by atoms with Crippen LogP contribution in [0.5, 0.6) is 0 Å². The topological polar surface area (TPSA) is 99.4 Å². The molecular weight excluding hydrogens is 298 g/mol. The number of tetrazole rings is 1.